The lowest BCUT2D eigenvalue weighted by Crippen LogP contribution is -2.48. The number of nitrogens with one attached hydrogen (secondary N) is 2. The topological polar surface area (TPSA) is 76.7 Å². The SMILES string of the molecule is CCC(NCC(F)(F)CNC(=O)OC(C)(C)C)C(=O)OC. The van der Waals surface area contributed by atoms with E-state index in [1.807, 2.05) is 5.32 Å². The predicted molar refractivity (Wildman–Crippen MR) is 73.3 cm³/mol. The molecule has 21 heavy (non-hydrogen) atoms. The Morgan fingerprint density at radius 3 is 2.19 bits per heavy atom. The van der Waals surface area contributed by atoms with Crippen molar-refractivity contribution in [3.8, 4) is 0 Å². The molecular formula is C13H24F2N2O4. The molecule has 6 nitrogen and oxygen atoms in total. The fraction of sp³-hybridized carbons (Fsp3) is 0.846. The van der Waals surface area contributed by atoms with E-state index in [0.29, 0.717) is 6.42 Å². The van der Waals surface area contributed by atoms with E-state index in [9.17, 15) is 18.4 Å². The van der Waals surface area contributed by atoms with Crippen LogP contribution in [0.5, 0.6) is 0 Å². The van der Waals surface area contributed by atoms with Gasteiger partial charge < -0.3 is 14.8 Å². The number of amides is 1. The molecule has 0 bridgehead atoms. The lowest BCUT2D eigenvalue weighted by atomic mass is 10.2. The second kappa shape index (κ2) is 8.11. The summed E-state index contributed by atoms with van der Waals surface area (Å²) >= 11 is 0. The van der Waals surface area contributed by atoms with Crippen LogP contribution in [-0.4, -0.2) is 49.8 Å². The molecule has 0 aliphatic carbocycles. The van der Waals surface area contributed by atoms with E-state index in [-0.39, 0.29) is 0 Å². The van der Waals surface area contributed by atoms with Crippen LogP contribution in [0.1, 0.15) is 34.1 Å². The van der Waals surface area contributed by atoms with Crippen LogP contribution >= 0.6 is 0 Å². The molecule has 0 aromatic heterocycles. The van der Waals surface area contributed by atoms with Crippen LogP contribution in [0, 0.1) is 0 Å². The van der Waals surface area contributed by atoms with Crippen molar-refractivity contribution in [1.29, 1.82) is 0 Å². The third-order valence-corrected chi connectivity index (χ3v) is 2.39. The second-order valence-electron chi connectivity index (χ2n) is 5.58. The lowest BCUT2D eigenvalue weighted by Gasteiger charge is -2.23. The summed E-state index contributed by atoms with van der Waals surface area (Å²) in [6.07, 6.45) is -0.593. The monoisotopic (exact) mass is 310 g/mol. The van der Waals surface area contributed by atoms with Crippen molar-refractivity contribution in [2.45, 2.75) is 51.7 Å². The average molecular weight is 310 g/mol. The van der Waals surface area contributed by atoms with Gasteiger partial charge in [-0.05, 0) is 27.2 Å². The molecule has 0 aliphatic rings. The maximum atomic E-state index is 13.6. The van der Waals surface area contributed by atoms with Crippen LogP contribution in [0.2, 0.25) is 0 Å². The summed E-state index contributed by atoms with van der Waals surface area (Å²) in [5, 5.41) is 4.41. The van der Waals surface area contributed by atoms with Gasteiger partial charge in [0.2, 0.25) is 0 Å². The quantitative estimate of drug-likeness (QED) is 0.700. The number of alkyl carbamates (subject to hydrolysis) is 1. The summed E-state index contributed by atoms with van der Waals surface area (Å²) in [5.41, 5.74) is -0.754. The number of halogens is 2. The molecular weight excluding hydrogens is 286 g/mol. The van der Waals surface area contributed by atoms with Gasteiger partial charge in [-0.2, -0.15) is 0 Å². The lowest BCUT2D eigenvalue weighted by molar-refractivity contribution is -0.143. The van der Waals surface area contributed by atoms with Crippen molar-refractivity contribution >= 4 is 12.1 Å². The zero-order valence-corrected chi connectivity index (χ0v) is 13.1. The van der Waals surface area contributed by atoms with E-state index >= 15 is 0 Å². The molecule has 124 valence electrons. The van der Waals surface area contributed by atoms with Gasteiger partial charge in [0.05, 0.1) is 20.2 Å². The van der Waals surface area contributed by atoms with Gasteiger partial charge in [0.15, 0.2) is 0 Å². The highest BCUT2D eigenvalue weighted by Crippen LogP contribution is 2.12. The van der Waals surface area contributed by atoms with Gasteiger partial charge in [-0.3, -0.25) is 10.1 Å². The third kappa shape index (κ3) is 9.17. The van der Waals surface area contributed by atoms with Crippen molar-refractivity contribution in [3.63, 3.8) is 0 Å². The van der Waals surface area contributed by atoms with Crippen molar-refractivity contribution in [1.82, 2.24) is 10.6 Å². The maximum Gasteiger partial charge on any atom is 0.407 e. The Hall–Kier alpha value is -1.44. The van der Waals surface area contributed by atoms with Crippen molar-refractivity contribution in [3.05, 3.63) is 0 Å². The van der Waals surface area contributed by atoms with Gasteiger partial charge in [0, 0.05) is 0 Å². The molecule has 1 unspecified atom stereocenters. The van der Waals surface area contributed by atoms with Gasteiger partial charge >= 0.3 is 12.1 Å². The van der Waals surface area contributed by atoms with Crippen molar-refractivity contribution in [2.24, 2.45) is 0 Å². The molecule has 0 fully saturated rings. The highest BCUT2D eigenvalue weighted by Gasteiger charge is 2.32. The molecule has 0 saturated carbocycles. The molecule has 1 atom stereocenters. The summed E-state index contributed by atoms with van der Waals surface area (Å²) in [6, 6.07) is -0.803. The smallest absolute Gasteiger partial charge is 0.407 e. The Morgan fingerprint density at radius 1 is 1.19 bits per heavy atom. The molecule has 2 N–H and O–H groups in total. The van der Waals surface area contributed by atoms with Gasteiger partial charge in [0.1, 0.15) is 11.6 Å². The first kappa shape index (κ1) is 19.6. The van der Waals surface area contributed by atoms with Crippen LogP contribution in [0.15, 0.2) is 0 Å². The van der Waals surface area contributed by atoms with Crippen LogP contribution in [-0.2, 0) is 14.3 Å². The number of carbonyl (C=O) groups excluding carboxylic acids is 2. The fourth-order valence-electron chi connectivity index (χ4n) is 1.39. The first-order chi connectivity index (χ1) is 9.50. The minimum absolute atomic E-state index is 0.322. The van der Waals surface area contributed by atoms with Crippen molar-refractivity contribution in [2.75, 3.05) is 20.2 Å². The molecule has 0 aromatic rings. The second-order valence-corrected chi connectivity index (χ2v) is 5.58. The first-order valence-electron chi connectivity index (χ1n) is 6.66. The normalized spacial score (nSPS) is 13.5. The highest BCUT2D eigenvalue weighted by atomic mass is 19.3. The van der Waals surface area contributed by atoms with Gasteiger partial charge in [0.25, 0.3) is 5.92 Å². The van der Waals surface area contributed by atoms with Crippen molar-refractivity contribution < 1.29 is 27.8 Å². The summed E-state index contributed by atoms with van der Waals surface area (Å²) < 4.78 is 36.5. The number of rotatable bonds is 7. The van der Waals surface area contributed by atoms with E-state index < -0.39 is 42.7 Å². The van der Waals surface area contributed by atoms with Crippen LogP contribution in [0.3, 0.4) is 0 Å². The Bertz CT molecular complexity index is 357. The highest BCUT2D eigenvalue weighted by molar-refractivity contribution is 5.75. The zero-order valence-electron chi connectivity index (χ0n) is 13.1. The van der Waals surface area contributed by atoms with E-state index in [0.717, 1.165) is 0 Å². The largest absolute Gasteiger partial charge is 0.468 e. The van der Waals surface area contributed by atoms with Gasteiger partial charge in [-0.15, -0.1) is 0 Å². The zero-order chi connectivity index (χ0) is 16.7. The van der Waals surface area contributed by atoms with Gasteiger partial charge in [-0.1, -0.05) is 6.92 Å². The van der Waals surface area contributed by atoms with E-state index in [1.165, 1.54) is 7.11 Å². The van der Waals surface area contributed by atoms with E-state index in [2.05, 4.69) is 10.1 Å². The minimum atomic E-state index is -3.21. The maximum absolute atomic E-state index is 13.6. The molecule has 0 aliphatic heterocycles. The molecule has 0 radical (unpaired) electrons. The number of alkyl halides is 2. The number of hydrogen-bond acceptors (Lipinski definition) is 5. The van der Waals surface area contributed by atoms with Crippen LogP contribution in [0.4, 0.5) is 13.6 Å². The molecule has 0 rings (SSSR count). The summed E-state index contributed by atoms with van der Waals surface area (Å²) in [7, 11) is 1.19. The number of carbonyl (C=O) groups is 2. The number of methoxy groups -OCH3 is 1. The Kier molecular flexibility index (Phi) is 7.56. The summed E-state index contributed by atoms with van der Waals surface area (Å²) in [6.45, 7) is 4.94. The molecule has 0 saturated heterocycles. The standard InChI is InChI=1S/C13H24F2N2O4/c1-6-9(10(18)20-5)16-7-13(14,15)8-17-11(19)21-12(2,3)4/h9,16H,6-8H2,1-5H3,(H,17,19). The predicted octanol–water partition coefficient (Wildman–Crippen LogP) is 1.69. The Balaban J connectivity index is 4.25. The molecule has 0 spiro atoms. The Labute approximate surface area is 123 Å². The van der Waals surface area contributed by atoms with E-state index in [1.54, 1.807) is 27.7 Å². The number of hydrogen-bond donors (Lipinski definition) is 2. The number of esters is 1. The van der Waals surface area contributed by atoms with Crippen LogP contribution < -0.4 is 10.6 Å². The summed E-state index contributed by atoms with van der Waals surface area (Å²) in [5.74, 6) is -3.81. The minimum Gasteiger partial charge on any atom is -0.468 e. The summed E-state index contributed by atoms with van der Waals surface area (Å²) in [4.78, 5) is 22.6. The molecule has 1 amide bonds. The molecule has 0 heterocycles. The van der Waals surface area contributed by atoms with E-state index in [4.69, 9.17) is 4.74 Å². The molecule has 8 heteroatoms. The van der Waals surface area contributed by atoms with Crippen LogP contribution in [0.25, 0.3) is 0 Å². The Morgan fingerprint density at radius 2 is 1.76 bits per heavy atom. The number of ether oxygens (including phenoxy) is 2. The fourth-order valence-corrected chi connectivity index (χ4v) is 1.39. The third-order valence-electron chi connectivity index (χ3n) is 2.39. The average Bonchev–Trinajstić information content (AvgIpc) is 2.35. The molecule has 0 aromatic carbocycles. The first-order valence-corrected chi connectivity index (χ1v) is 6.66. The van der Waals surface area contributed by atoms with Gasteiger partial charge in [-0.25, -0.2) is 13.6 Å².